The summed E-state index contributed by atoms with van der Waals surface area (Å²) in [6.45, 7) is 6.35. The number of methoxy groups -OCH3 is 1. The minimum absolute atomic E-state index is 0.115. The van der Waals surface area contributed by atoms with Gasteiger partial charge in [0.05, 0.1) is 18.8 Å². The quantitative estimate of drug-likeness (QED) is 0.752. The summed E-state index contributed by atoms with van der Waals surface area (Å²) in [5.41, 5.74) is -0.624. The lowest BCUT2D eigenvalue weighted by molar-refractivity contribution is -0.149. The summed E-state index contributed by atoms with van der Waals surface area (Å²) in [6.07, 6.45) is 5.96. The Morgan fingerprint density at radius 2 is 2.05 bits per heavy atom. The van der Waals surface area contributed by atoms with E-state index in [1.54, 1.807) is 0 Å². The van der Waals surface area contributed by atoms with E-state index in [9.17, 15) is 4.79 Å². The summed E-state index contributed by atoms with van der Waals surface area (Å²) in [6, 6.07) is 0.497. The zero-order chi connectivity index (χ0) is 14.1. The number of hydrogen-bond acceptors (Lipinski definition) is 4. The van der Waals surface area contributed by atoms with Crippen LogP contribution >= 0.6 is 0 Å². The molecule has 2 unspecified atom stereocenters. The van der Waals surface area contributed by atoms with Crippen LogP contribution in [0.3, 0.4) is 0 Å². The first-order valence-electron chi connectivity index (χ1n) is 7.45. The van der Waals surface area contributed by atoms with Crippen LogP contribution in [0.2, 0.25) is 0 Å². The maximum Gasteiger partial charge on any atom is 0.326 e. The Hall–Kier alpha value is -0.610. The molecular formula is C15H27NO3. The number of rotatable bonds is 6. The highest BCUT2D eigenvalue weighted by atomic mass is 16.5. The van der Waals surface area contributed by atoms with E-state index < -0.39 is 5.54 Å². The third-order valence-electron chi connectivity index (χ3n) is 4.44. The van der Waals surface area contributed by atoms with E-state index in [0.717, 1.165) is 25.7 Å². The van der Waals surface area contributed by atoms with Gasteiger partial charge < -0.3 is 9.47 Å². The minimum Gasteiger partial charge on any atom is -0.468 e. The highest BCUT2D eigenvalue weighted by molar-refractivity contribution is 5.81. The van der Waals surface area contributed by atoms with Crippen LogP contribution in [0.5, 0.6) is 0 Å². The molecule has 0 radical (unpaired) electrons. The van der Waals surface area contributed by atoms with E-state index >= 15 is 0 Å². The highest BCUT2D eigenvalue weighted by Crippen LogP contribution is 2.38. The summed E-state index contributed by atoms with van der Waals surface area (Å²) in [4.78, 5) is 12.1. The molecule has 2 rings (SSSR count). The lowest BCUT2D eigenvalue weighted by Gasteiger charge is -2.31. The molecule has 0 aromatic heterocycles. The summed E-state index contributed by atoms with van der Waals surface area (Å²) in [5.74, 6) is -0.125. The molecule has 0 bridgehead atoms. The first kappa shape index (κ1) is 14.8. The molecule has 2 aliphatic rings. The molecule has 19 heavy (non-hydrogen) atoms. The van der Waals surface area contributed by atoms with E-state index in [1.807, 2.05) is 0 Å². The fourth-order valence-corrected chi connectivity index (χ4v) is 2.82. The molecule has 1 N–H and O–H groups in total. The molecule has 0 aromatic rings. The van der Waals surface area contributed by atoms with E-state index in [-0.39, 0.29) is 17.7 Å². The maximum absolute atomic E-state index is 12.1. The molecule has 0 amide bonds. The lowest BCUT2D eigenvalue weighted by atomic mass is 9.97. The average molecular weight is 269 g/mol. The molecule has 2 fully saturated rings. The van der Waals surface area contributed by atoms with E-state index in [0.29, 0.717) is 6.04 Å². The Kier molecular flexibility index (Phi) is 4.21. The van der Waals surface area contributed by atoms with Crippen LogP contribution in [0.15, 0.2) is 0 Å². The zero-order valence-corrected chi connectivity index (χ0v) is 12.6. The molecule has 110 valence electrons. The number of esters is 1. The smallest absolute Gasteiger partial charge is 0.326 e. The maximum atomic E-state index is 12.1. The van der Waals surface area contributed by atoms with E-state index in [4.69, 9.17) is 9.47 Å². The van der Waals surface area contributed by atoms with Crippen LogP contribution in [0.4, 0.5) is 0 Å². The van der Waals surface area contributed by atoms with Crippen molar-refractivity contribution in [3.8, 4) is 0 Å². The van der Waals surface area contributed by atoms with Crippen LogP contribution in [0, 0.1) is 0 Å². The fourth-order valence-electron chi connectivity index (χ4n) is 2.82. The van der Waals surface area contributed by atoms with Gasteiger partial charge in [-0.05, 0) is 46.0 Å². The van der Waals surface area contributed by atoms with Crippen molar-refractivity contribution < 1.29 is 14.3 Å². The SMILES string of the molecule is CCC(C)(C)OC1CCC(NC2CC2)(C(=O)OC)C1. The topological polar surface area (TPSA) is 47.6 Å². The number of nitrogens with one attached hydrogen (secondary N) is 1. The number of carbonyl (C=O) groups excluding carboxylic acids is 1. The third kappa shape index (κ3) is 3.48. The van der Waals surface area contributed by atoms with Crippen LogP contribution < -0.4 is 5.32 Å². The minimum atomic E-state index is -0.510. The predicted octanol–water partition coefficient (Wildman–Crippen LogP) is 2.41. The van der Waals surface area contributed by atoms with Crippen LogP contribution in [-0.2, 0) is 14.3 Å². The number of hydrogen-bond donors (Lipinski definition) is 1. The molecule has 0 aliphatic heterocycles. The number of carbonyl (C=O) groups is 1. The summed E-state index contributed by atoms with van der Waals surface area (Å²) in [7, 11) is 1.48. The van der Waals surface area contributed by atoms with Gasteiger partial charge in [-0.25, -0.2) is 0 Å². The molecular weight excluding hydrogens is 242 g/mol. The van der Waals surface area contributed by atoms with Crippen molar-refractivity contribution in [2.75, 3.05) is 7.11 Å². The van der Waals surface area contributed by atoms with Crippen molar-refractivity contribution in [1.29, 1.82) is 0 Å². The molecule has 4 heteroatoms. The van der Waals surface area contributed by atoms with Gasteiger partial charge in [0.1, 0.15) is 5.54 Å². The lowest BCUT2D eigenvalue weighted by Crippen LogP contribution is -2.52. The van der Waals surface area contributed by atoms with Gasteiger partial charge in [-0.2, -0.15) is 0 Å². The molecule has 0 heterocycles. The second kappa shape index (κ2) is 5.41. The standard InChI is InChI=1S/C15H27NO3/c1-5-14(2,3)19-12-8-9-15(10-12,13(17)18-4)16-11-6-7-11/h11-12,16H,5-10H2,1-4H3. The second-order valence-corrected chi connectivity index (χ2v) is 6.59. The fraction of sp³-hybridized carbons (Fsp3) is 0.933. The Bertz CT molecular complexity index is 338. The first-order valence-corrected chi connectivity index (χ1v) is 7.45. The Balaban J connectivity index is 2.00. The molecule has 0 aromatic carbocycles. The van der Waals surface area contributed by atoms with Crippen molar-refractivity contribution in [3.05, 3.63) is 0 Å². The van der Waals surface area contributed by atoms with Gasteiger partial charge in [-0.15, -0.1) is 0 Å². The molecule has 0 saturated heterocycles. The Morgan fingerprint density at radius 3 is 2.58 bits per heavy atom. The molecule has 2 aliphatic carbocycles. The van der Waals surface area contributed by atoms with Crippen LogP contribution in [-0.4, -0.2) is 36.4 Å². The van der Waals surface area contributed by atoms with Gasteiger partial charge in [-0.3, -0.25) is 10.1 Å². The average Bonchev–Trinajstić information content (AvgIpc) is 3.09. The van der Waals surface area contributed by atoms with Gasteiger partial charge in [-0.1, -0.05) is 6.92 Å². The van der Waals surface area contributed by atoms with Crippen molar-refractivity contribution in [3.63, 3.8) is 0 Å². The van der Waals surface area contributed by atoms with Crippen molar-refractivity contribution in [2.24, 2.45) is 0 Å². The normalized spacial score (nSPS) is 31.5. The summed E-state index contributed by atoms with van der Waals surface area (Å²) < 4.78 is 11.2. The largest absolute Gasteiger partial charge is 0.468 e. The van der Waals surface area contributed by atoms with Gasteiger partial charge in [0.2, 0.25) is 0 Å². The molecule has 2 saturated carbocycles. The van der Waals surface area contributed by atoms with E-state index in [1.165, 1.54) is 20.0 Å². The van der Waals surface area contributed by atoms with Crippen molar-refractivity contribution >= 4 is 5.97 Å². The first-order chi connectivity index (χ1) is 8.91. The molecule has 4 nitrogen and oxygen atoms in total. The van der Waals surface area contributed by atoms with Crippen molar-refractivity contribution in [2.45, 2.75) is 82.6 Å². The van der Waals surface area contributed by atoms with Gasteiger partial charge in [0.25, 0.3) is 0 Å². The highest BCUT2D eigenvalue weighted by Gasteiger charge is 2.49. The predicted molar refractivity (Wildman–Crippen MR) is 74.0 cm³/mol. The second-order valence-electron chi connectivity index (χ2n) is 6.59. The van der Waals surface area contributed by atoms with Gasteiger partial charge >= 0.3 is 5.97 Å². The zero-order valence-electron chi connectivity index (χ0n) is 12.6. The Morgan fingerprint density at radius 1 is 1.37 bits per heavy atom. The Labute approximate surface area is 116 Å². The molecule has 2 atom stereocenters. The summed E-state index contributed by atoms with van der Waals surface area (Å²) in [5, 5.41) is 3.50. The molecule has 0 spiro atoms. The van der Waals surface area contributed by atoms with E-state index in [2.05, 4.69) is 26.1 Å². The van der Waals surface area contributed by atoms with Gasteiger partial charge in [0.15, 0.2) is 0 Å². The summed E-state index contributed by atoms with van der Waals surface area (Å²) >= 11 is 0. The number of ether oxygens (including phenoxy) is 2. The van der Waals surface area contributed by atoms with Crippen molar-refractivity contribution in [1.82, 2.24) is 5.32 Å². The van der Waals surface area contributed by atoms with Crippen LogP contribution in [0.1, 0.15) is 59.3 Å². The van der Waals surface area contributed by atoms with Gasteiger partial charge in [0, 0.05) is 12.5 Å². The van der Waals surface area contributed by atoms with Crippen LogP contribution in [0.25, 0.3) is 0 Å². The third-order valence-corrected chi connectivity index (χ3v) is 4.44. The monoisotopic (exact) mass is 269 g/mol.